The van der Waals surface area contributed by atoms with Gasteiger partial charge in [-0.3, -0.25) is 4.79 Å². The molecule has 1 aliphatic carbocycles. The molecule has 0 aromatic heterocycles. The van der Waals surface area contributed by atoms with Crippen molar-refractivity contribution in [2.75, 3.05) is 5.32 Å². The first-order valence-corrected chi connectivity index (χ1v) is 8.12. The topological polar surface area (TPSA) is 108 Å². The molecule has 0 radical (unpaired) electrons. The SMILES string of the molecule is CC[C@H](C)[C@H](NC(=O)c1cccc(NC(=O)NC2CC2)c1)C(=O)O. The minimum absolute atomic E-state index is 0.183. The van der Waals surface area contributed by atoms with Crippen LogP contribution in [-0.2, 0) is 4.79 Å². The second-order valence-electron chi connectivity index (χ2n) is 6.13. The first kappa shape index (κ1) is 17.8. The first-order valence-electron chi connectivity index (χ1n) is 8.12. The lowest BCUT2D eigenvalue weighted by molar-refractivity contribution is -0.140. The zero-order valence-corrected chi connectivity index (χ0v) is 13.8. The fraction of sp³-hybridized carbons (Fsp3) is 0.471. The van der Waals surface area contributed by atoms with Crippen molar-refractivity contribution in [2.24, 2.45) is 5.92 Å². The number of hydrogen-bond acceptors (Lipinski definition) is 3. The smallest absolute Gasteiger partial charge is 0.326 e. The van der Waals surface area contributed by atoms with Gasteiger partial charge >= 0.3 is 12.0 Å². The van der Waals surface area contributed by atoms with Crippen LogP contribution in [-0.4, -0.2) is 35.1 Å². The van der Waals surface area contributed by atoms with Crippen LogP contribution in [0, 0.1) is 5.92 Å². The number of nitrogens with one attached hydrogen (secondary N) is 3. The van der Waals surface area contributed by atoms with Crippen LogP contribution < -0.4 is 16.0 Å². The van der Waals surface area contributed by atoms with Crippen molar-refractivity contribution >= 4 is 23.6 Å². The van der Waals surface area contributed by atoms with Crippen molar-refractivity contribution in [3.05, 3.63) is 29.8 Å². The maximum Gasteiger partial charge on any atom is 0.326 e. The van der Waals surface area contributed by atoms with Crippen LogP contribution in [0.15, 0.2) is 24.3 Å². The van der Waals surface area contributed by atoms with Gasteiger partial charge in [0.05, 0.1) is 0 Å². The van der Waals surface area contributed by atoms with Crippen molar-refractivity contribution in [3.8, 4) is 0 Å². The number of hydrogen-bond donors (Lipinski definition) is 4. The number of carboxylic acids is 1. The molecule has 24 heavy (non-hydrogen) atoms. The molecule has 7 nitrogen and oxygen atoms in total. The number of carbonyl (C=O) groups excluding carboxylic acids is 2. The zero-order valence-electron chi connectivity index (χ0n) is 13.8. The molecule has 130 valence electrons. The van der Waals surface area contributed by atoms with Crippen molar-refractivity contribution in [1.29, 1.82) is 0 Å². The van der Waals surface area contributed by atoms with Gasteiger partial charge in [0.1, 0.15) is 6.04 Å². The standard InChI is InChI=1S/C17H23N3O4/c1-3-10(2)14(16(22)23)20-15(21)11-5-4-6-13(9-11)19-17(24)18-12-7-8-12/h4-6,9-10,12,14H,3,7-8H2,1-2H3,(H,20,21)(H,22,23)(H2,18,19,24)/t10-,14-/m0/s1. The van der Waals surface area contributed by atoms with Crippen LogP contribution in [0.2, 0.25) is 0 Å². The van der Waals surface area contributed by atoms with E-state index in [1.165, 1.54) is 6.07 Å². The Morgan fingerprint density at radius 1 is 1.29 bits per heavy atom. The maximum absolute atomic E-state index is 12.3. The molecular formula is C17H23N3O4. The number of carboxylic acid groups (broad SMARTS) is 1. The van der Waals surface area contributed by atoms with Crippen LogP contribution in [0.4, 0.5) is 10.5 Å². The first-order chi connectivity index (χ1) is 11.4. The normalized spacial score (nSPS) is 15.9. The molecule has 3 amide bonds. The van der Waals surface area contributed by atoms with Crippen LogP contribution in [0.3, 0.4) is 0 Å². The van der Waals surface area contributed by atoms with Gasteiger partial charge in [-0.05, 0) is 37.0 Å². The Hall–Kier alpha value is -2.57. The number of anilines is 1. The number of amides is 3. The number of aliphatic carboxylic acids is 1. The van der Waals surface area contributed by atoms with E-state index in [4.69, 9.17) is 0 Å². The summed E-state index contributed by atoms with van der Waals surface area (Å²) >= 11 is 0. The molecular weight excluding hydrogens is 310 g/mol. The van der Waals surface area contributed by atoms with Crippen LogP contribution in [0.1, 0.15) is 43.5 Å². The number of benzene rings is 1. The van der Waals surface area contributed by atoms with Gasteiger partial charge in [-0.15, -0.1) is 0 Å². The Labute approximate surface area is 140 Å². The van der Waals surface area contributed by atoms with E-state index in [2.05, 4.69) is 16.0 Å². The maximum atomic E-state index is 12.3. The van der Waals surface area contributed by atoms with E-state index >= 15 is 0 Å². The summed E-state index contributed by atoms with van der Waals surface area (Å²) in [4.78, 5) is 35.3. The third-order valence-corrected chi connectivity index (χ3v) is 4.06. The predicted octanol–water partition coefficient (Wildman–Crippen LogP) is 2.20. The summed E-state index contributed by atoms with van der Waals surface area (Å²) in [6.07, 6.45) is 2.62. The molecule has 1 fully saturated rings. The molecule has 2 rings (SSSR count). The predicted molar refractivity (Wildman–Crippen MR) is 90.0 cm³/mol. The lowest BCUT2D eigenvalue weighted by Crippen LogP contribution is -2.45. The fourth-order valence-corrected chi connectivity index (χ4v) is 2.23. The molecule has 1 aliphatic rings. The number of urea groups is 1. The lowest BCUT2D eigenvalue weighted by Gasteiger charge is -2.20. The molecule has 1 aromatic carbocycles. The van der Waals surface area contributed by atoms with Crippen molar-refractivity contribution in [3.63, 3.8) is 0 Å². The van der Waals surface area contributed by atoms with Crippen LogP contribution in [0.25, 0.3) is 0 Å². The molecule has 0 spiro atoms. The van der Waals surface area contributed by atoms with E-state index in [-0.39, 0.29) is 18.0 Å². The summed E-state index contributed by atoms with van der Waals surface area (Å²) in [7, 11) is 0. The van der Waals surface area contributed by atoms with Crippen molar-refractivity contribution < 1.29 is 19.5 Å². The minimum atomic E-state index is -1.06. The number of carbonyl (C=O) groups is 3. The van der Waals surface area contributed by atoms with E-state index in [9.17, 15) is 19.5 Å². The summed E-state index contributed by atoms with van der Waals surface area (Å²) < 4.78 is 0. The summed E-state index contributed by atoms with van der Waals surface area (Å²) in [6.45, 7) is 3.65. The van der Waals surface area contributed by atoms with Gasteiger partial charge in [0.2, 0.25) is 0 Å². The third kappa shape index (κ3) is 4.97. The molecule has 7 heteroatoms. The van der Waals surface area contributed by atoms with Gasteiger partial charge in [0, 0.05) is 17.3 Å². The minimum Gasteiger partial charge on any atom is -0.480 e. The van der Waals surface area contributed by atoms with Gasteiger partial charge in [-0.1, -0.05) is 26.3 Å². The molecule has 2 atom stereocenters. The molecule has 0 aliphatic heterocycles. The van der Waals surface area contributed by atoms with Gasteiger partial charge < -0.3 is 21.1 Å². The average Bonchev–Trinajstić information content (AvgIpc) is 3.35. The average molecular weight is 333 g/mol. The fourth-order valence-electron chi connectivity index (χ4n) is 2.23. The highest BCUT2D eigenvalue weighted by Gasteiger charge is 2.26. The zero-order chi connectivity index (χ0) is 17.7. The van der Waals surface area contributed by atoms with E-state index in [1.807, 2.05) is 6.92 Å². The van der Waals surface area contributed by atoms with Gasteiger partial charge in [-0.2, -0.15) is 0 Å². The second kappa shape index (κ2) is 7.81. The molecule has 1 saturated carbocycles. The Morgan fingerprint density at radius 3 is 2.58 bits per heavy atom. The Balaban J connectivity index is 2.01. The second-order valence-corrected chi connectivity index (χ2v) is 6.13. The number of rotatable bonds is 7. The third-order valence-electron chi connectivity index (χ3n) is 4.06. The molecule has 0 saturated heterocycles. The molecule has 0 bridgehead atoms. The van der Waals surface area contributed by atoms with E-state index < -0.39 is 17.9 Å². The van der Waals surface area contributed by atoms with E-state index in [0.29, 0.717) is 17.7 Å². The quantitative estimate of drug-likeness (QED) is 0.613. The molecule has 0 unspecified atom stereocenters. The van der Waals surface area contributed by atoms with Crippen molar-refractivity contribution in [1.82, 2.24) is 10.6 Å². The highest BCUT2D eigenvalue weighted by molar-refractivity contribution is 5.98. The van der Waals surface area contributed by atoms with Crippen LogP contribution in [0.5, 0.6) is 0 Å². The Bertz CT molecular complexity index is 628. The largest absolute Gasteiger partial charge is 0.480 e. The Kier molecular flexibility index (Phi) is 5.78. The highest BCUT2D eigenvalue weighted by atomic mass is 16.4. The van der Waals surface area contributed by atoms with Gasteiger partial charge in [0.15, 0.2) is 0 Å². The summed E-state index contributed by atoms with van der Waals surface area (Å²) in [5.74, 6) is -1.72. The molecule has 1 aromatic rings. The van der Waals surface area contributed by atoms with Crippen molar-refractivity contribution in [2.45, 2.75) is 45.2 Å². The Morgan fingerprint density at radius 2 is 2.00 bits per heavy atom. The molecule has 0 heterocycles. The monoisotopic (exact) mass is 333 g/mol. The van der Waals surface area contributed by atoms with Gasteiger partial charge in [0.25, 0.3) is 5.91 Å². The van der Waals surface area contributed by atoms with Gasteiger partial charge in [-0.25, -0.2) is 9.59 Å². The summed E-state index contributed by atoms with van der Waals surface area (Å²) in [5.41, 5.74) is 0.782. The van der Waals surface area contributed by atoms with E-state index in [0.717, 1.165) is 12.8 Å². The molecule has 4 N–H and O–H groups in total. The summed E-state index contributed by atoms with van der Waals surface area (Å²) in [5, 5.41) is 17.3. The van der Waals surface area contributed by atoms with Crippen LogP contribution >= 0.6 is 0 Å². The highest BCUT2D eigenvalue weighted by Crippen LogP contribution is 2.19. The summed E-state index contributed by atoms with van der Waals surface area (Å²) in [6, 6.07) is 5.40. The lowest BCUT2D eigenvalue weighted by atomic mass is 9.99. The van der Waals surface area contributed by atoms with E-state index in [1.54, 1.807) is 25.1 Å².